The third-order valence-corrected chi connectivity index (χ3v) is 3.89. The Kier molecular flexibility index (Phi) is 4.84. The SMILES string of the molecule is COc1cccc(NC(=O)N2CCC(C(C)N)CC2)c1. The molecule has 1 fully saturated rings. The highest BCUT2D eigenvalue weighted by molar-refractivity contribution is 5.89. The number of rotatable bonds is 3. The van der Waals surface area contributed by atoms with Gasteiger partial charge in [-0.05, 0) is 37.8 Å². The number of piperidine rings is 1. The smallest absolute Gasteiger partial charge is 0.321 e. The van der Waals surface area contributed by atoms with Crippen molar-refractivity contribution in [2.45, 2.75) is 25.8 Å². The van der Waals surface area contributed by atoms with Crippen LogP contribution in [0.4, 0.5) is 10.5 Å². The van der Waals surface area contributed by atoms with Crippen molar-refractivity contribution < 1.29 is 9.53 Å². The Labute approximate surface area is 120 Å². The van der Waals surface area contributed by atoms with Crippen molar-refractivity contribution in [1.29, 1.82) is 0 Å². The maximum absolute atomic E-state index is 12.2. The summed E-state index contributed by atoms with van der Waals surface area (Å²) in [6, 6.07) is 7.53. The third-order valence-electron chi connectivity index (χ3n) is 3.89. The van der Waals surface area contributed by atoms with Gasteiger partial charge in [-0.2, -0.15) is 0 Å². The standard InChI is InChI=1S/C15H23N3O2/c1-11(16)12-6-8-18(9-7-12)15(19)17-13-4-3-5-14(10-13)20-2/h3-5,10-12H,6-9,16H2,1-2H3,(H,17,19). The van der Waals surface area contributed by atoms with Crippen molar-refractivity contribution in [2.24, 2.45) is 11.7 Å². The van der Waals surface area contributed by atoms with Gasteiger partial charge in [-0.25, -0.2) is 4.79 Å². The van der Waals surface area contributed by atoms with Gasteiger partial charge in [0.1, 0.15) is 5.75 Å². The lowest BCUT2D eigenvalue weighted by atomic mass is 9.91. The van der Waals surface area contributed by atoms with Crippen molar-refractivity contribution in [1.82, 2.24) is 4.90 Å². The van der Waals surface area contributed by atoms with Gasteiger partial charge in [0.15, 0.2) is 0 Å². The fourth-order valence-electron chi connectivity index (χ4n) is 2.53. The minimum Gasteiger partial charge on any atom is -0.497 e. The molecule has 1 saturated heterocycles. The number of anilines is 1. The lowest BCUT2D eigenvalue weighted by molar-refractivity contribution is 0.176. The molecule has 110 valence electrons. The number of amides is 2. The minimum absolute atomic E-state index is 0.0543. The Balaban J connectivity index is 1.89. The first kappa shape index (κ1) is 14.7. The van der Waals surface area contributed by atoms with Gasteiger partial charge >= 0.3 is 6.03 Å². The molecule has 20 heavy (non-hydrogen) atoms. The van der Waals surface area contributed by atoms with E-state index in [4.69, 9.17) is 10.5 Å². The highest BCUT2D eigenvalue weighted by atomic mass is 16.5. The van der Waals surface area contributed by atoms with Gasteiger partial charge in [-0.15, -0.1) is 0 Å². The number of ether oxygens (including phenoxy) is 1. The first-order chi connectivity index (χ1) is 9.60. The molecule has 2 rings (SSSR count). The lowest BCUT2D eigenvalue weighted by Gasteiger charge is -2.33. The summed E-state index contributed by atoms with van der Waals surface area (Å²) >= 11 is 0. The molecular formula is C15H23N3O2. The van der Waals surface area contributed by atoms with Gasteiger partial charge in [-0.3, -0.25) is 0 Å². The van der Waals surface area contributed by atoms with Crippen LogP contribution in [0.25, 0.3) is 0 Å². The van der Waals surface area contributed by atoms with E-state index in [1.165, 1.54) is 0 Å². The zero-order valence-electron chi connectivity index (χ0n) is 12.1. The highest BCUT2D eigenvalue weighted by Crippen LogP contribution is 2.21. The Hall–Kier alpha value is -1.75. The van der Waals surface area contributed by atoms with E-state index in [1.807, 2.05) is 36.1 Å². The summed E-state index contributed by atoms with van der Waals surface area (Å²) in [6.07, 6.45) is 1.95. The Morgan fingerprint density at radius 2 is 2.15 bits per heavy atom. The number of likely N-dealkylation sites (tertiary alicyclic amines) is 1. The second kappa shape index (κ2) is 6.61. The molecule has 1 heterocycles. The average Bonchev–Trinajstić information content (AvgIpc) is 2.47. The maximum atomic E-state index is 12.2. The second-order valence-electron chi connectivity index (χ2n) is 5.35. The number of benzene rings is 1. The molecule has 0 aromatic heterocycles. The maximum Gasteiger partial charge on any atom is 0.321 e. The van der Waals surface area contributed by atoms with Crippen LogP contribution in [-0.2, 0) is 0 Å². The topological polar surface area (TPSA) is 67.6 Å². The third kappa shape index (κ3) is 3.63. The largest absolute Gasteiger partial charge is 0.497 e. The summed E-state index contributed by atoms with van der Waals surface area (Å²) in [7, 11) is 1.61. The summed E-state index contributed by atoms with van der Waals surface area (Å²) in [5.74, 6) is 1.26. The van der Waals surface area contributed by atoms with E-state index < -0.39 is 0 Å². The number of carbonyl (C=O) groups excluding carboxylic acids is 1. The number of urea groups is 1. The van der Waals surface area contributed by atoms with Crippen LogP contribution in [0, 0.1) is 5.92 Å². The molecule has 0 aliphatic carbocycles. The Morgan fingerprint density at radius 1 is 1.45 bits per heavy atom. The van der Waals surface area contributed by atoms with Crippen LogP contribution < -0.4 is 15.8 Å². The number of carbonyl (C=O) groups is 1. The normalized spacial score (nSPS) is 17.6. The monoisotopic (exact) mass is 277 g/mol. The van der Waals surface area contributed by atoms with E-state index in [2.05, 4.69) is 5.32 Å². The van der Waals surface area contributed by atoms with Crippen molar-refractivity contribution >= 4 is 11.7 Å². The van der Waals surface area contributed by atoms with Gasteiger partial charge in [-0.1, -0.05) is 6.07 Å². The van der Waals surface area contributed by atoms with Crippen molar-refractivity contribution in [2.75, 3.05) is 25.5 Å². The van der Waals surface area contributed by atoms with E-state index in [9.17, 15) is 4.79 Å². The molecule has 1 atom stereocenters. The van der Waals surface area contributed by atoms with Gasteiger partial charge in [0.2, 0.25) is 0 Å². The number of hydrogen-bond acceptors (Lipinski definition) is 3. The first-order valence-corrected chi connectivity index (χ1v) is 7.05. The summed E-state index contributed by atoms with van der Waals surface area (Å²) < 4.78 is 5.14. The lowest BCUT2D eigenvalue weighted by Crippen LogP contribution is -2.44. The fraction of sp³-hybridized carbons (Fsp3) is 0.533. The predicted octanol–water partition coefficient (Wildman–Crippen LogP) is 2.29. The van der Waals surface area contributed by atoms with Gasteiger partial charge in [0.05, 0.1) is 7.11 Å². The minimum atomic E-state index is -0.0543. The molecule has 1 aliphatic heterocycles. The van der Waals surface area contributed by atoms with Crippen molar-refractivity contribution in [3.8, 4) is 5.75 Å². The van der Waals surface area contributed by atoms with Crippen LogP contribution in [0.5, 0.6) is 5.75 Å². The predicted molar refractivity (Wildman–Crippen MR) is 80.0 cm³/mol. The number of nitrogens with two attached hydrogens (primary N) is 1. The molecule has 1 unspecified atom stereocenters. The second-order valence-corrected chi connectivity index (χ2v) is 5.35. The number of methoxy groups -OCH3 is 1. The molecule has 0 bridgehead atoms. The zero-order chi connectivity index (χ0) is 14.5. The Bertz CT molecular complexity index is 454. The quantitative estimate of drug-likeness (QED) is 0.890. The van der Waals surface area contributed by atoms with Crippen LogP contribution in [0.15, 0.2) is 24.3 Å². The van der Waals surface area contributed by atoms with E-state index in [0.29, 0.717) is 5.92 Å². The van der Waals surface area contributed by atoms with Crippen LogP contribution in [-0.4, -0.2) is 37.2 Å². The van der Waals surface area contributed by atoms with E-state index in [-0.39, 0.29) is 12.1 Å². The van der Waals surface area contributed by atoms with Gasteiger partial charge < -0.3 is 20.7 Å². The van der Waals surface area contributed by atoms with Gasteiger partial charge in [0.25, 0.3) is 0 Å². The van der Waals surface area contributed by atoms with Crippen LogP contribution in [0.1, 0.15) is 19.8 Å². The van der Waals surface area contributed by atoms with E-state index in [0.717, 1.165) is 37.4 Å². The van der Waals surface area contributed by atoms with Gasteiger partial charge in [0, 0.05) is 30.9 Å². The van der Waals surface area contributed by atoms with Crippen LogP contribution in [0.3, 0.4) is 0 Å². The average molecular weight is 277 g/mol. The molecule has 1 aromatic rings. The van der Waals surface area contributed by atoms with Crippen LogP contribution >= 0.6 is 0 Å². The molecule has 5 nitrogen and oxygen atoms in total. The molecule has 5 heteroatoms. The molecule has 0 radical (unpaired) electrons. The summed E-state index contributed by atoms with van der Waals surface area (Å²) in [5, 5.41) is 2.91. The molecule has 3 N–H and O–H groups in total. The Morgan fingerprint density at radius 3 is 2.75 bits per heavy atom. The summed E-state index contributed by atoms with van der Waals surface area (Å²) in [5.41, 5.74) is 6.66. The molecule has 1 aliphatic rings. The number of hydrogen-bond donors (Lipinski definition) is 2. The molecular weight excluding hydrogens is 254 g/mol. The highest BCUT2D eigenvalue weighted by Gasteiger charge is 2.24. The van der Waals surface area contributed by atoms with Crippen LogP contribution in [0.2, 0.25) is 0 Å². The first-order valence-electron chi connectivity index (χ1n) is 7.05. The van der Waals surface area contributed by atoms with Crippen molar-refractivity contribution in [3.63, 3.8) is 0 Å². The summed E-state index contributed by atoms with van der Waals surface area (Å²) in [4.78, 5) is 14.0. The molecule has 0 saturated carbocycles. The zero-order valence-corrected chi connectivity index (χ0v) is 12.1. The molecule has 0 spiro atoms. The fourth-order valence-corrected chi connectivity index (χ4v) is 2.53. The summed E-state index contributed by atoms with van der Waals surface area (Å²) in [6.45, 7) is 3.57. The van der Waals surface area contributed by atoms with E-state index >= 15 is 0 Å². The van der Waals surface area contributed by atoms with E-state index in [1.54, 1.807) is 7.11 Å². The number of nitrogens with one attached hydrogen (secondary N) is 1. The molecule has 1 aromatic carbocycles. The molecule has 2 amide bonds. The van der Waals surface area contributed by atoms with Crippen molar-refractivity contribution in [3.05, 3.63) is 24.3 Å². The number of nitrogens with zero attached hydrogens (tertiary/aromatic N) is 1.